The first-order valence-corrected chi connectivity index (χ1v) is 7.47. The zero-order valence-electron chi connectivity index (χ0n) is 10.9. The van der Waals surface area contributed by atoms with Gasteiger partial charge in [0.1, 0.15) is 0 Å². The summed E-state index contributed by atoms with van der Waals surface area (Å²) in [7, 11) is 0. The highest BCUT2D eigenvalue weighted by Gasteiger charge is 2.15. The maximum Gasteiger partial charge on any atom is 0.0940 e. The van der Waals surface area contributed by atoms with Gasteiger partial charge in [-0.2, -0.15) is 0 Å². The number of aliphatic hydroxyl groups is 1. The quantitative estimate of drug-likeness (QED) is 0.578. The monoisotopic (exact) mass is 253 g/mol. The maximum absolute atomic E-state index is 10.2. The summed E-state index contributed by atoms with van der Waals surface area (Å²) in [5, 5.41) is 13.5. The van der Waals surface area contributed by atoms with Crippen molar-refractivity contribution in [1.29, 1.82) is 0 Å². The molecule has 1 aromatic rings. The summed E-state index contributed by atoms with van der Waals surface area (Å²) in [6.07, 6.45) is 3.96. The highest BCUT2D eigenvalue weighted by Crippen LogP contribution is 2.21. The molecule has 2 atom stereocenters. The van der Waals surface area contributed by atoms with Crippen molar-refractivity contribution in [2.24, 2.45) is 0 Å². The second-order valence-corrected chi connectivity index (χ2v) is 5.19. The Morgan fingerprint density at radius 1 is 1.29 bits per heavy atom. The molecule has 0 amide bonds. The topological polar surface area (TPSA) is 32.3 Å². The molecular weight excluding hydrogens is 230 g/mol. The molecule has 1 rings (SSSR count). The molecule has 0 bridgehead atoms. The third kappa shape index (κ3) is 4.70. The molecule has 17 heavy (non-hydrogen) atoms. The molecular formula is C14H23NOS. The average Bonchev–Trinajstić information content (AvgIpc) is 2.38. The molecule has 2 nitrogen and oxygen atoms in total. The Morgan fingerprint density at radius 2 is 1.94 bits per heavy atom. The highest BCUT2D eigenvalue weighted by atomic mass is 32.2. The minimum Gasteiger partial charge on any atom is -0.387 e. The van der Waals surface area contributed by atoms with Gasteiger partial charge in [0.05, 0.1) is 6.10 Å². The highest BCUT2D eigenvalue weighted by molar-refractivity contribution is 7.98. The van der Waals surface area contributed by atoms with Crippen LogP contribution in [0.3, 0.4) is 0 Å². The van der Waals surface area contributed by atoms with Crippen LogP contribution in [0.5, 0.6) is 0 Å². The van der Waals surface area contributed by atoms with Gasteiger partial charge < -0.3 is 10.4 Å². The number of hydrogen-bond acceptors (Lipinski definition) is 3. The van der Waals surface area contributed by atoms with Crippen LogP contribution in [-0.4, -0.2) is 23.9 Å². The third-order valence-electron chi connectivity index (χ3n) is 2.93. The van der Waals surface area contributed by atoms with Crippen LogP contribution in [0, 0.1) is 0 Å². The predicted molar refractivity (Wildman–Crippen MR) is 75.6 cm³/mol. The van der Waals surface area contributed by atoms with Crippen LogP contribution in [0.4, 0.5) is 0 Å². The first-order valence-electron chi connectivity index (χ1n) is 6.24. The molecule has 0 saturated heterocycles. The van der Waals surface area contributed by atoms with Gasteiger partial charge in [0.25, 0.3) is 0 Å². The van der Waals surface area contributed by atoms with Gasteiger partial charge in [-0.25, -0.2) is 0 Å². The van der Waals surface area contributed by atoms with Crippen LogP contribution in [0.25, 0.3) is 0 Å². The van der Waals surface area contributed by atoms with Gasteiger partial charge in [-0.1, -0.05) is 25.5 Å². The average molecular weight is 253 g/mol. The van der Waals surface area contributed by atoms with Gasteiger partial charge in [0.15, 0.2) is 0 Å². The molecule has 0 fully saturated rings. The van der Waals surface area contributed by atoms with E-state index in [0.717, 1.165) is 18.5 Å². The molecule has 0 spiro atoms. The van der Waals surface area contributed by atoms with Crippen LogP contribution in [0.1, 0.15) is 38.4 Å². The minimum atomic E-state index is -0.428. The van der Waals surface area contributed by atoms with Gasteiger partial charge in [-0.15, -0.1) is 11.8 Å². The van der Waals surface area contributed by atoms with E-state index in [1.54, 1.807) is 11.8 Å². The third-order valence-corrected chi connectivity index (χ3v) is 3.67. The van der Waals surface area contributed by atoms with Crippen LogP contribution < -0.4 is 5.32 Å². The molecule has 0 saturated carbocycles. The van der Waals surface area contributed by atoms with Crippen molar-refractivity contribution in [1.82, 2.24) is 5.32 Å². The van der Waals surface area contributed by atoms with Crippen LogP contribution >= 0.6 is 11.8 Å². The largest absolute Gasteiger partial charge is 0.387 e. The van der Waals surface area contributed by atoms with Crippen LogP contribution in [0.2, 0.25) is 0 Å². The lowest BCUT2D eigenvalue weighted by Crippen LogP contribution is -2.32. The van der Waals surface area contributed by atoms with Crippen LogP contribution in [0.15, 0.2) is 29.2 Å². The van der Waals surface area contributed by atoms with Crippen molar-refractivity contribution in [3.05, 3.63) is 29.8 Å². The first kappa shape index (κ1) is 14.6. The van der Waals surface area contributed by atoms with Crippen molar-refractivity contribution in [3.8, 4) is 0 Å². The Morgan fingerprint density at radius 3 is 2.47 bits per heavy atom. The summed E-state index contributed by atoms with van der Waals surface area (Å²) in [5.41, 5.74) is 0.985. The van der Waals surface area contributed by atoms with Gasteiger partial charge in [-0.05, 0) is 43.8 Å². The molecule has 0 aromatic heterocycles. The molecule has 1 aromatic carbocycles. The lowest BCUT2D eigenvalue weighted by Gasteiger charge is -2.20. The molecule has 0 radical (unpaired) electrons. The fourth-order valence-corrected chi connectivity index (χ4v) is 2.12. The summed E-state index contributed by atoms with van der Waals surface area (Å²) in [6, 6.07) is 8.23. The lowest BCUT2D eigenvalue weighted by molar-refractivity contribution is 0.136. The summed E-state index contributed by atoms with van der Waals surface area (Å²) in [6.45, 7) is 5.17. The number of unbranched alkanes of at least 4 members (excludes halogenated alkanes) is 1. The molecule has 3 heteroatoms. The van der Waals surface area contributed by atoms with Gasteiger partial charge >= 0.3 is 0 Å². The fourth-order valence-electron chi connectivity index (χ4n) is 1.71. The second-order valence-electron chi connectivity index (χ2n) is 4.31. The predicted octanol–water partition coefficient (Wildman–Crippen LogP) is 3.22. The Bertz CT molecular complexity index is 313. The number of hydrogen-bond donors (Lipinski definition) is 2. The van der Waals surface area contributed by atoms with Gasteiger partial charge in [0.2, 0.25) is 0 Å². The van der Waals surface area contributed by atoms with Crippen molar-refractivity contribution in [2.45, 2.75) is 43.7 Å². The smallest absolute Gasteiger partial charge is 0.0940 e. The van der Waals surface area contributed by atoms with Crippen LogP contribution in [-0.2, 0) is 0 Å². The number of benzene rings is 1. The normalized spacial score (nSPS) is 14.6. The van der Waals surface area contributed by atoms with E-state index in [0.29, 0.717) is 0 Å². The molecule has 0 heterocycles. The number of nitrogens with one attached hydrogen (secondary N) is 1. The van der Waals surface area contributed by atoms with Crippen molar-refractivity contribution in [2.75, 3.05) is 12.8 Å². The van der Waals surface area contributed by atoms with E-state index < -0.39 is 6.10 Å². The zero-order valence-corrected chi connectivity index (χ0v) is 11.8. The van der Waals surface area contributed by atoms with Gasteiger partial charge in [0, 0.05) is 10.9 Å². The van der Waals surface area contributed by atoms with E-state index in [9.17, 15) is 5.11 Å². The number of rotatable bonds is 7. The number of aliphatic hydroxyl groups excluding tert-OH is 1. The first-order chi connectivity index (χ1) is 8.19. The molecule has 2 unspecified atom stereocenters. The van der Waals surface area contributed by atoms with E-state index >= 15 is 0 Å². The Hall–Kier alpha value is -0.510. The summed E-state index contributed by atoms with van der Waals surface area (Å²) in [5.74, 6) is 0. The molecule has 96 valence electrons. The Kier molecular flexibility index (Phi) is 6.63. The molecule has 0 aliphatic heterocycles. The van der Waals surface area contributed by atoms with Crippen molar-refractivity contribution >= 4 is 11.8 Å². The van der Waals surface area contributed by atoms with E-state index in [4.69, 9.17) is 0 Å². The zero-order chi connectivity index (χ0) is 12.7. The van der Waals surface area contributed by atoms with E-state index in [2.05, 4.69) is 30.6 Å². The summed E-state index contributed by atoms with van der Waals surface area (Å²) in [4.78, 5) is 1.23. The van der Waals surface area contributed by atoms with E-state index in [-0.39, 0.29) is 6.04 Å². The Labute approximate surface area is 109 Å². The summed E-state index contributed by atoms with van der Waals surface area (Å²) >= 11 is 1.72. The van der Waals surface area contributed by atoms with Gasteiger partial charge in [-0.3, -0.25) is 0 Å². The molecule has 0 aliphatic rings. The van der Waals surface area contributed by atoms with E-state index in [1.165, 1.54) is 11.3 Å². The second kappa shape index (κ2) is 7.75. The minimum absolute atomic E-state index is 0.0988. The van der Waals surface area contributed by atoms with Crippen molar-refractivity contribution < 1.29 is 5.11 Å². The standard InChI is InChI=1S/C14H23NOS/c1-4-5-10-15-11(2)14(16)12-6-8-13(17-3)9-7-12/h6-9,11,14-16H,4-5,10H2,1-3H3. The SMILES string of the molecule is CCCCNC(C)C(O)c1ccc(SC)cc1. The Balaban J connectivity index is 2.52. The maximum atomic E-state index is 10.2. The van der Waals surface area contributed by atoms with Crippen molar-refractivity contribution in [3.63, 3.8) is 0 Å². The fraction of sp³-hybridized carbons (Fsp3) is 0.571. The van der Waals surface area contributed by atoms with E-state index in [1.807, 2.05) is 19.1 Å². The molecule has 0 aliphatic carbocycles. The number of thioether (sulfide) groups is 1. The molecule has 2 N–H and O–H groups in total. The summed E-state index contributed by atoms with van der Waals surface area (Å²) < 4.78 is 0. The lowest BCUT2D eigenvalue weighted by atomic mass is 10.0.